The van der Waals surface area contributed by atoms with Gasteiger partial charge in [0.15, 0.2) is 6.10 Å². The maximum Gasteiger partial charge on any atom is 0.436 e. The van der Waals surface area contributed by atoms with Gasteiger partial charge in [0, 0.05) is 0 Å². The molecule has 0 saturated carbocycles. The molecule has 7 heteroatoms. The van der Waals surface area contributed by atoms with Gasteiger partial charge < -0.3 is 9.47 Å². The molecule has 0 N–H and O–H groups in total. The van der Waals surface area contributed by atoms with Gasteiger partial charge >= 0.3 is 18.1 Å². The Hall–Kier alpha value is -1.27. The van der Waals surface area contributed by atoms with Crippen LogP contribution in [0.4, 0.5) is 13.2 Å². The first kappa shape index (κ1) is 9.82. The Morgan fingerprint density at radius 1 is 1.15 bits per heavy atom. The lowest BCUT2D eigenvalue weighted by atomic mass is 10.3. The largest absolute Gasteiger partial charge is 0.448 e. The van der Waals surface area contributed by atoms with Gasteiger partial charge in [-0.2, -0.15) is 13.2 Å². The van der Waals surface area contributed by atoms with E-state index in [9.17, 15) is 22.8 Å². The maximum absolute atomic E-state index is 11.9. The summed E-state index contributed by atoms with van der Waals surface area (Å²) in [6.07, 6.45) is -8.96. The Kier molecular flexibility index (Phi) is 2.19. The first-order valence-electron chi connectivity index (χ1n) is 3.30. The molecular weight excluding hydrogens is 193 g/mol. The Morgan fingerprint density at radius 3 is 2.15 bits per heavy atom. The molecule has 1 fully saturated rings. The number of carbonyl (C=O) groups is 2. The summed E-state index contributed by atoms with van der Waals surface area (Å²) in [4.78, 5) is 21.2. The highest BCUT2D eigenvalue weighted by molar-refractivity contribution is 5.87. The highest BCUT2D eigenvalue weighted by atomic mass is 19.4. The number of carbonyl (C=O) groups excluding carboxylic acids is 2. The van der Waals surface area contributed by atoms with Gasteiger partial charge in [-0.15, -0.1) is 0 Å². The summed E-state index contributed by atoms with van der Waals surface area (Å²) in [5, 5.41) is 0. The monoisotopic (exact) mass is 198 g/mol. The number of ether oxygens (including phenoxy) is 2. The van der Waals surface area contributed by atoms with E-state index in [1.165, 1.54) is 0 Å². The van der Waals surface area contributed by atoms with E-state index in [-0.39, 0.29) is 0 Å². The predicted molar refractivity (Wildman–Crippen MR) is 31.5 cm³/mol. The second-order valence-electron chi connectivity index (χ2n) is 2.44. The quantitative estimate of drug-likeness (QED) is 0.529. The van der Waals surface area contributed by atoms with Gasteiger partial charge in [0.1, 0.15) is 0 Å². The van der Waals surface area contributed by atoms with Gasteiger partial charge in [0.05, 0.1) is 0 Å². The fraction of sp³-hybridized carbons (Fsp3) is 0.667. The van der Waals surface area contributed by atoms with E-state index in [1.807, 2.05) is 0 Å². The SMILES string of the molecule is CC1OC(=O)C(C(F)(F)F)OC1=O. The number of hydrogen-bond donors (Lipinski definition) is 0. The third-order valence-corrected chi connectivity index (χ3v) is 1.37. The fourth-order valence-electron chi connectivity index (χ4n) is 0.745. The standard InChI is InChI=1S/C6H5F3O4/c1-2-4(10)13-3(5(11)12-2)6(7,8)9/h2-3H,1H3. The molecule has 0 bridgehead atoms. The Balaban J connectivity index is 2.79. The van der Waals surface area contributed by atoms with Gasteiger partial charge in [-0.1, -0.05) is 0 Å². The molecule has 74 valence electrons. The minimum Gasteiger partial charge on any atom is -0.448 e. The number of rotatable bonds is 0. The smallest absolute Gasteiger partial charge is 0.436 e. The molecule has 0 spiro atoms. The van der Waals surface area contributed by atoms with E-state index in [1.54, 1.807) is 0 Å². The van der Waals surface area contributed by atoms with Crippen molar-refractivity contribution in [3.05, 3.63) is 0 Å². The minimum absolute atomic E-state index is 1.13. The highest BCUT2D eigenvalue weighted by Gasteiger charge is 2.53. The van der Waals surface area contributed by atoms with Crippen molar-refractivity contribution in [1.82, 2.24) is 0 Å². The molecule has 1 aliphatic rings. The molecule has 4 nitrogen and oxygen atoms in total. The predicted octanol–water partition coefficient (Wildman–Crippen LogP) is 0.406. The van der Waals surface area contributed by atoms with Crippen molar-refractivity contribution in [2.75, 3.05) is 0 Å². The maximum atomic E-state index is 11.9. The molecule has 0 amide bonds. The van der Waals surface area contributed by atoms with E-state index in [4.69, 9.17) is 0 Å². The average molecular weight is 198 g/mol. The van der Waals surface area contributed by atoms with Crippen LogP contribution in [0.25, 0.3) is 0 Å². The van der Waals surface area contributed by atoms with Crippen molar-refractivity contribution in [1.29, 1.82) is 0 Å². The molecule has 1 rings (SSSR count). The molecule has 1 heterocycles. The lowest BCUT2D eigenvalue weighted by Gasteiger charge is -2.26. The van der Waals surface area contributed by atoms with Crippen LogP contribution in [-0.2, 0) is 19.1 Å². The Bertz CT molecular complexity index is 247. The summed E-state index contributed by atoms with van der Waals surface area (Å²) in [7, 11) is 0. The van der Waals surface area contributed by atoms with Crippen LogP contribution in [0.2, 0.25) is 0 Å². The lowest BCUT2D eigenvalue weighted by molar-refractivity contribution is -0.247. The van der Waals surface area contributed by atoms with Gasteiger partial charge in [0.2, 0.25) is 0 Å². The van der Waals surface area contributed by atoms with Crippen LogP contribution in [0.3, 0.4) is 0 Å². The summed E-state index contributed by atoms with van der Waals surface area (Å²) in [5.74, 6) is -2.78. The molecule has 1 saturated heterocycles. The summed E-state index contributed by atoms with van der Waals surface area (Å²) >= 11 is 0. The number of hydrogen-bond acceptors (Lipinski definition) is 4. The van der Waals surface area contributed by atoms with Crippen molar-refractivity contribution in [3.63, 3.8) is 0 Å². The molecule has 1 aliphatic heterocycles. The third kappa shape index (κ3) is 1.90. The van der Waals surface area contributed by atoms with Gasteiger partial charge in [0.25, 0.3) is 6.10 Å². The van der Waals surface area contributed by atoms with Gasteiger partial charge in [-0.25, -0.2) is 9.59 Å². The van der Waals surface area contributed by atoms with Crippen LogP contribution in [0.15, 0.2) is 0 Å². The first-order valence-corrected chi connectivity index (χ1v) is 3.30. The zero-order valence-electron chi connectivity index (χ0n) is 6.42. The van der Waals surface area contributed by atoms with Crippen LogP contribution >= 0.6 is 0 Å². The van der Waals surface area contributed by atoms with Crippen LogP contribution in [0, 0.1) is 0 Å². The van der Waals surface area contributed by atoms with E-state index in [2.05, 4.69) is 9.47 Å². The fourth-order valence-corrected chi connectivity index (χ4v) is 0.745. The summed E-state index contributed by atoms with van der Waals surface area (Å²) < 4.78 is 43.7. The van der Waals surface area contributed by atoms with Crippen molar-refractivity contribution in [2.24, 2.45) is 0 Å². The normalized spacial score (nSPS) is 29.5. The van der Waals surface area contributed by atoms with Crippen molar-refractivity contribution in [2.45, 2.75) is 25.3 Å². The van der Waals surface area contributed by atoms with Crippen molar-refractivity contribution < 1.29 is 32.2 Å². The molecule has 2 atom stereocenters. The average Bonchev–Trinajstić information content (AvgIpc) is 1.94. The zero-order valence-corrected chi connectivity index (χ0v) is 6.42. The molecule has 0 aliphatic carbocycles. The molecule has 2 unspecified atom stereocenters. The lowest BCUT2D eigenvalue weighted by Crippen LogP contribution is -2.49. The van der Waals surface area contributed by atoms with Crippen LogP contribution in [-0.4, -0.2) is 30.3 Å². The van der Waals surface area contributed by atoms with Crippen LogP contribution in [0.5, 0.6) is 0 Å². The van der Waals surface area contributed by atoms with Crippen molar-refractivity contribution >= 4 is 11.9 Å². The number of alkyl halides is 3. The second kappa shape index (κ2) is 2.90. The first-order chi connectivity index (χ1) is 5.82. The number of esters is 2. The van der Waals surface area contributed by atoms with E-state index >= 15 is 0 Å². The summed E-state index contributed by atoms with van der Waals surface area (Å²) in [6, 6.07) is 0. The van der Waals surface area contributed by atoms with E-state index in [0.29, 0.717) is 0 Å². The van der Waals surface area contributed by atoms with Crippen LogP contribution < -0.4 is 0 Å². The molecule has 13 heavy (non-hydrogen) atoms. The Morgan fingerprint density at radius 2 is 1.69 bits per heavy atom. The van der Waals surface area contributed by atoms with Crippen LogP contribution in [0.1, 0.15) is 6.92 Å². The Labute approximate surface area is 70.6 Å². The molecule has 0 aromatic heterocycles. The number of cyclic esters (lactones) is 2. The second-order valence-corrected chi connectivity index (χ2v) is 2.44. The molecule has 0 radical (unpaired) electrons. The van der Waals surface area contributed by atoms with E-state index in [0.717, 1.165) is 6.92 Å². The number of halogens is 3. The molecule has 0 aromatic carbocycles. The minimum atomic E-state index is -4.91. The zero-order chi connectivity index (χ0) is 10.2. The molecular formula is C6H5F3O4. The summed E-state index contributed by atoms with van der Waals surface area (Å²) in [5.41, 5.74) is 0. The molecule has 0 aromatic rings. The van der Waals surface area contributed by atoms with Gasteiger partial charge in [-0.3, -0.25) is 0 Å². The topological polar surface area (TPSA) is 52.6 Å². The highest BCUT2D eigenvalue weighted by Crippen LogP contribution is 2.27. The van der Waals surface area contributed by atoms with Gasteiger partial charge in [-0.05, 0) is 6.92 Å². The summed E-state index contributed by atoms with van der Waals surface area (Å²) in [6.45, 7) is 1.13. The van der Waals surface area contributed by atoms with E-state index < -0.39 is 30.3 Å². The third-order valence-electron chi connectivity index (χ3n) is 1.37. The van der Waals surface area contributed by atoms with Crippen molar-refractivity contribution in [3.8, 4) is 0 Å².